The molecule has 1 aromatic rings. The predicted molar refractivity (Wildman–Crippen MR) is 77.7 cm³/mol. The second kappa shape index (κ2) is 5.82. The number of carbonyl (C=O) groups is 1. The molecule has 0 unspecified atom stereocenters. The summed E-state index contributed by atoms with van der Waals surface area (Å²) >= 11 is 2.24. The van der Waals surface area contributed by atoms with Crippen LogP contribution < -0.4 is 11.1 Å². The van der Waals surface area contributed by atoms with Gasteiger partial charge in [0.15, 0.2) is 0 Å². The highest BCUT2D eigenvalue weighted by Crippen LogP contribution is 2.27. The Balaban J connectivity index is 1.86. The third-order valence-electron chi connectivity index (χ3n) is 3.29. The van der Waals surface area contributed by atoms with Crippen LogP contribution in [-0.4, -0.2) is 11.9 Å². The van der Waals surface area contributed by atoms with Crippen LogP contribution in [0.5, 0.6) is 0 Å². The van der Waals surface area contributed by atoms with E-state index >= 15 is 0 Å². The molecule has 3 N–H and O–H groups in total. The first-order valence-corrected chi connectivity index (χ1v) is 7.04. The Kier molecular flexibility index (Phi) is 4.39. The summed E-state index contributed by atoms with van der Waals surface area (Å²) in [6, 6.07) is 8.02. The van der Waals surface area contributed by atoms with E-state index in [1.807, 2.05) is 24.3 Å². The summed E-state index contributed by atoms with van der Waals surface area (Å²) in [4.78, 5) is 11.8. The molecule has 1 aliphatic carbocycles. The molecule has 1 aromatic carbocycles. The number of amides is 1. The second-order valence-corrected chi connectivity index (χ2v) is 5.86. The maximum atomic E-state index is 11.8. The number of benzene rings is 1. The molecule has 0 aromatic heterocycles. The van der Waals surface area contributed by atoms with Crippen molar-refractivity contribution in [3.8, 4) is 0 Å². The Morgan fingerprint density at radius 2 is 2.06 bits per heavy atom. The first kappa shape index (κ1) is 12.8. The van der Waals surface area contributed by atoms with Gasteiger partial charge in [-0.25, -0.2) is 0 Å². The summed E-state index contributed by atoms with van der Waals surface area (Å²) in [5.74, 6) is 0.437. The molecule has 92 valence electrons. The van der Waals surface area contributed by atoms with E-state index in [4.69, 9.17) is 5.73 Å². The zero-order valence-electron chi connectivity index (χ0n) is 9.66. The van der Waals surface area contributed by atoms with E-state index in [0.29, 0.717) is 12.3 Å². The Hall–Kier alpha value is -0.620. The summed E-state index contributed by atoms with van der Waals surface area (Å²) in [7, 11) is 0. The standard InChI is InChI=1S/C13H17IN2O/c14-10-4-6-11(7-5-10)16-13(17)8-9-2-1-3-12(9)15/h4-7,9,12H,1-3,8,15H2,(H,16,17)/t9-,12+/m0/s1. The van der Waals surface area contributed by atoms with Gasteiger partial charge in [0, 0.05) is 21.7 Å². The van der Waals surface area contributed by atoms with Crippen molar-refractivity contribution in [2.24, 2.45) is 11.7 Å². The minimum Gasteiger partial charge on any atom is -0.327 e. The van der Waals surface area contributed by atoms with E-state index in [1.165, 1.54) is 3.57 Å². The monoisotopic (exact) mass is 344 g/mol. The maximum absolute atomic E-state index is 11.8. The van der Waals surface area contributed by atoms with Crippen LogP contribution in [0.25, 0.3) is 0 Å². The fourth-order valence-electron chi connectivity index (χ4n) is 2.30. The van der Waals surface area contributed by atoms with Gasteiger partial charge in [0.05, 0.1) is 0 Å². The number of nitrogens with two attached hydrogens (primary N) is 1. The summed E-state index contributed by atoms with van der Waals surface area (Å²) in [5, 5.41) is 2.92. The molecule has 0 spiro atoms. The molecular weight excluding hydrogens is 327 g/mol. The molecule has 4 heteroatoms. The van der Waals surface area contributed by atoms with Crippen LogP contribution in [-0.2, 0) is 4.79 Å². The van der Waals surface area contributed by atoms with Gasteiger partial charge >= 0.3 is 0 Å². The topological polar surface area (TPSA) is 55.1 Å². The van der Waals surface area contributed by atoms with Crippen LogP contribution in [0.1, 0.15) is 25.7 Å². The summed E-state index contributed by atoms with van der Waals surface area (Å²) in [6.07, 6.45) is 3.85. The molecule has 0 saturated heterocycles. The first-order valence-electron chi connectivity index (χ1n) is 5.96. The summed E-state index contributed by atoms with van der Waals surface area (Å²) in [5.41, 5.74) is 6.82. The Morgan fingerprint density at radius 1 is 1.35 bits per heavy atom. The average Bonchev–Trinajstić information content (AvgIpc) is 2.68. The van der Waals surface area contributed by atoms with E-state index in [2.05, 4.69) is 27.9 Å². The van der Waals surface area contributed by atoms with Crippen molar-refractivity contribution < 1.29 is 4.79 Å². The highest BCUT2D eigenvalue weighted by atomic mass is 127. The van der Waals surface area contributed by atoms with E-state index in [9.17, 15) is 4.79 Å². The lowest BCUT2D eigenvalue weighted by molar-refractivity contribution is -0.117. The van der Waals surface area contributed by atoms with Gasteiger partial charge < -0.3 is 11.1 Å². The van der Waals surface area contributed by atoms with Gasteiger partial charge in [-0.1, -0.05) is 6.42 Å². The molecule has 0 bridgehead atoms. The number of hydrogen-bond acceptors (Lipinski definition) is 2. The summed E-state index contributed by atoms with van der Waals surface area (Å²) in [6.45, 7) is 0. The van der Waals surface area contributed by atoms with Gasteiger partial charge in [-0.2, -0.15) is 0 Å². The SMILES string of the molecule is N[C@@H]1CCC[C@H]1CC(=O)Nc1ccc(I)cc1. The van der Waals surface area contributed by atoms with Gasteiger partial charge in [-0.05, 0) is 65.6 Å². The third-order valence-corrected chi connectivity index (χ3v) is 4.01. The zero-order valence-corrected chi connectivity index (χ0v) is 11.8. The van der Waals surface area contributed by atoms with E-state index < -0.39 is 0 Å². The summed E-state index contributed by atoms with van der Waals surface area (Å²) < 4.78 is 1.17. The molecule has 1 saturated carbocycles. The molecule has 0 radical (unpaired) electrons. The van der Waals surface area contributed by atoms with Crippen molar-refractivity contribution in [3.05, 3.63) is 27.8 Å². The van der Waals surface area contributed by atoms with Crippen molar-refractivity contribution >= 4 is 34.2 Å². The smallest absolute Gasteiger partial charge is 0.224 e. The fraction of sp³-hybridized carbons (Fsp3) is 0.462. The molecule has 3 nitrogen and oxygen atoms in total. The minimum absolute atomic E-state index is 0.0774. The second-order valence-electron chi connectivity index (χ2n) is 4.61. The van der Waals surface area contributed by atoms with Gasteiger partial charge in [0.1, 0.15) is 0 Å². The quantitative estimate of drug-likeness (QED) is 0.829. The number of nitrogens with one attached hydrogen (secondary N) is 1. The fourth-order valence-corrected chi connectivity index (χ4v) is 2.66. The highest BCUT2D eigenvalue weighted by Gasteiger charge is 2.25. The lowest BCUT2D eigenvalue weighted by Gasteiger charge is -2.14. The predicted octanol–water partition coefficient (Wildman–Crippen LogP) is 2.75. The van der Waals surface area contributed by atoms with Gasteiger partial charge in [-0.3, -0.25) is 4.79 Å². The van der Waals surface area contributed by atoms with E-state index in [0.717, 1.165) is 24.9 Å². The molecule has 2 atom stereocenters. The van der Waals surface area contributed by atoms with Crippen molar-refractivity contribution in [2.75, 3.05) is 5.32 Å². The molecule has 2 rings (SSSR count). The molecule has 0 heterocycles. The number of hydrogen-bond donors (Lipinski definition) is 2. The van der Waals surface area contributed by atoms with Crippen LogP contribution in [0, 0.1) is 9.49 Å². The molecule has 17 heavy (non-hydrogen) atoms. The molecule has 1 fully saturated rings. The zero-order chi connectivity index (χ0) is 12.3. The van der Waals surface area contributed by atoms with Crippen molar-refractivity contribution in [3.63, 3.8) is 0 Å². The number of anilines is 1. The average molecular weight is 344 g/mol. The maximum Gasteiger partial charge on any atom is 0.224 e. The van der Waals surface area contributed by atoms with E-state index in [-0.39, 0.29) is 11.9 Å². The van der Waals surface area contributed by atoms with Crippen LogP contribution >= 0.6 is 22.6 Å². The van der Waals surface area contributed by atoms with Gasteiger partial charge in [-0.15, -0.1) is 0 Å². The Labute approximate surface area is 115 Å². The third kappa shape index (κ3) is 3.67. The van der Waals surface area contributed by atoms with Crippen molar-refractivity contribution in [1.82, 2.24) is 0 Å². The lowest BCUT2D eigenvalue weighted by Crippen LogP contribution is -2.28. The van der Waals surface area contributed by atoms with Crippen molar-refractivity contribution in [1.29, 1.82) is 0 Å². The first-order chi connectivity index (χ1) is 8.15. The van der Waals surface area contributed by atoms with Crippen LogP contribution in [0.2, 0.25) is 0 Å². The Bertz CT molecular complexity index is 391. The molecular formula is C13H17IN2O. The van der Waals surface area contributed by atoms with Crippen molar-refractivity contribution in [2.45, 2.75) is 31.7 Å². The highest BCUT2D eigenvalue weighted by molar-refractivity contribution is 14.1. The molecule has 0 aliphatic heterocycles. The Morgan fingerprint density at radius 3 is 2.65 bits per heavy atom. The normalized spacial score (nSPS) is 23.6. The lowest BCUT2D eigenvalue weighted by atomic mass is 10.00. The molecule has 1 aliphatic rings. The molecule has 1 amide bonds. The van der Waals surface area contributed by atoms with Gasteiger partial charge in [0.2, 0.25) is 5.91 Å². The van der Waals surface area contributed by atoms with Crippen LogP contribution in [0.15, 0.2) is 24.3 Å². The number of carbonyl (C=O) groups excluding carboxylic acids is 1. The van der Waals surface area contributed by atoms with Gasteiger partial charge in [0.25, 0.3) is 0 Å². The minimum atomic E-state index is 0.0774. The van der Waals surface area contributed by atoms with Crippen LogP contribution in [0.4, 0.5) is 5.69 Å². The van der Waals surface area contributed by atoms with Crippen LogP contribution in [0.3, 0.4) is 0 Å². The number of rotatable bonds is 3. The van der Waals surface area contributed by atoms with E-state index in [1.54, 1.807) is 0 Å². The largest absolute Gasteiger partial charge is 0.327 e. The number of halogens is 1.